The first-order valence-corrected chi connectivity index (χ1v) is 8.28. The van der Waals surface area contributed by atoms with Crippen molar-refractivity contribution in [1.29, 1.82) is 0 Å². The van der Waals surface area contributed by atoms with Gasteiger partial charge in [-0.2, -0.15) is 0 Å². The Morgan fingerprint density at radius 1 is 1.19 bits per heavy atom. The van der Waals surface area contributed by atoms with Gasteiger partial charge in [0.1, 0.15) is 5.75 Å². The van der Waals surface area contributed by atoms with Crippen LogP contribution in [0.1, 0.15) is 52.4 Å². The zero-order valence-electron chi connectivity index (χ0n) is 13.3. The Bertz CT molecular complexity index is 426. The van der Waals surface area contributed by atoms with E-state index in [1.807, 2.05) is 42.2 Å². The first-order chi connectivity index (χ1) is 10.3. The quantitative estimate of drug-likeness (QED) is 0.791. The lowest BCUT2D eigenvalue weighted by molar-refractivity contribution is -0.141. The van der Waals surface area contributed by atoms with Gasteiger partial charge in [0.2, 0.25) is 0 Å². The van der Waals surface area contributed by atoms with Crippen molar-refractivity contribution >= 4 is 5.91 Å². The Morgan fingerprint density at radius 2 is 1.86 bits per heavy atom. The Balaban J connectivity index is 2.03. The van der Waals surface area contributed by atoms with Crippen LogP contribution in [-0.4, -0.2) is 29.5 Å². The minimum absolute atomic E-state index is 0.149. The fourth-order valence-corrected chi connectivity index (χ4v) is 3.14. The van der Waals surface area contributed by atoms with Crippen molar-refractivity contribution in [1.82, 2.24) is 4.90 Å². The minimum atomic E-state index is -0.366. The van der Waals surface area contributed by atoms with Crippen LogP contribution >= 0.6 is 0 Å². The Hall–Kier alpha value is -1.51. The van der Waals surface area contributed by atoms with E-state index in [-0.39, 0.29) is 12.0 Å². The van der Waals surface area contributed by atoms with Crippen molar-refractivity contribution in [3.05, 3.63) is 30.3 Å². The molecule has 2 rings (SSSR count). The lowest BCUT2D eigenvalue weighted by Crippen LogP contribution is -2.47. The molecule has 3 nitrogen and oxygen atoms in total. The van der Waals surface area contributed by atoms with Crippen molar-refractivity contribution in [3.8, 4) is 5.75 Å². The van der Waals surface area contributed by atoms with Crippen LogP contribution in [0.15, 0.2) is 30.3 Å². The van der Waals surface area contributed by atoms with Crippen LogP contribution in [0.5, 0.6) is 5.75 Å². The van der Waals surface area contributed by atoms with E-state index in [9.17, 15) is 4.79 Å². The lowest BCUT2D eigenvalue weighted by Gasteiger charge is -2.35. The van der Waals surface area contributed by atoms with Gasteiger partial charge in [-0.15, -0.1) is 0 Å². The molecule has 0 unspecified atom stereocenters. The highest BCUT2D eigenvalue weighted by Gasteiger charge is 2.29. The summed E-state index contributed by atoms with van der Waals surface area (Å²) >= 11 is 0. The van der Waals surface area contributed by atoms with E-state index in [0.29, 0.717) is 12.5 Å². The molecule has 3 heteroatoms. The molecule has 0 radical (unpaired) electrons. The zero-order valence-corrected chi connectivity index (χ0v) is 13.3. The largest absolute Gasteiger partial charge is 0.481 e. The van der Waals surface area contributed by atoms with Crippen LogP contribution in [0.25, 0.3) is 0 Å². The average molecular weight is 289 g/mol. The third-order valence-electron chi connectivity index (χ3n) is 4.31. The highest BCUT2D eigenvalue weighted by molar-refractivity contribution is 5.81. The molecule has 1 aromatic carbocycles. The van der Waals surface area contributed by atoms with Crippen molar-refractivity contribution in [2.45, 2.75) is 64.5 Å². The summed E-state index contributed by atoms with van der Waals surface area (Å²) in [6, 6.07) is 10.1. The molecule has 0 spiro atoms. The summed E-state index contributed by atoms with van der Waals surface area (Å²) in [5, 5.41) is 0. The van der Waals surface area contributed by atoms with Crippen LogP contribution < -0.4 is 4.74 Å². The molecule has 0 aliphatic heterocycles. The number of benzene rings is 1. The predicted molar refractivity (Wildman–Crippen MR) is 85.4 cm³/mol. The summed E-state index contributed by atoms with van der Waals surface area (Å²) < 4.78 is 5.91. The van der Waals surface area contributed by atoms with Gasteiger partial charge in [-0.25, -0.2) is 0 Å². The van der Waals surface area contributed by atoms with E-state index >= 15 is 0 Å². The number of rotatable bonds is 6. The molecule has 0 aromatic heterocycles. The molecule has 1 aliphatic rings. The standard InChI is InChI=1S/C18H27NO2/c1-3-17(21-16-13-9-6-10-14-16)18(20)19(4-2)15-11-7-5-8-12-15/h6,9-10,13-15,17H,3-5,7-8,11-12H2,1-2H3/t17-/m0/s1. The maximum Gasteiger partial charge on any atom is 0.263 e. The number of para-hydroxylation sites is 1. The number of ether oxygens (including phenoxy) is 1. The maximum absolute atomic E-state index is 12.8. The summed E-state index contributed by atoms with van der Waals surface area (Å²) in [7, 11) is 0. The molecule has 0 N–H and O–H groups in total. The summed E-state index contributed by atoms with van der Waals surface area (Å²) in [6.07, 6.45) is 6.41. The average Bonchev–Trinajstić information content (AvgIpc) is 2.55. The number of hydrogen-bond acceptors (Lipinski definition) is 2. The van der Waals surface area contributed by atoms with Crippen LogP contribution in [-0.2, 0) is 4.79 Å². The van der Waals surface area contributed by atoms with E-state index in [2.05, 4.69) is 6.92 Å². The zero-order chi connectivity index (χ0) is 15.1. The van der Waals surface area contributed by atoms with E-state index < -0.39 is 0 Å². The van der Waals surface area contributed by atoms with Crippen molar-refractivity contribution < 1.29 is 9.53 Å². The number of hydrogen-bond donors (Lipinski definition) is 0. The summed E-state index contributed by atoms with van der Waals surface area (Å²) in [5.74, 6) is 0.924. The van der Waals surface area contributed by atoms with Gasteiger partial charge in [0, 0.05) is 12.6 Å². The number of amides is 1. The van der Waals surface area contributed by atoms with Crippen molar-refractivity contribution in [2.75, 3.05) is 6.54 Å². The number of likely N-dealkylation sites (N-methyl/N-ethyl adjacent to an activating group) is 1. The van der Waals surface area contributed by atoms with Gasteiger partial charge in [0.05, 0.1) is 0 Å². The minimum Gasteiger partial charge on any atom is -0.481 e. The molecule has 0 bridgehead atoms. The van der Waals surface area contributed by atoms with Gasteiger partial charge >= 0.3 is 0 Å². The molecular formula is C18H27NO2. The molecule has 1 amide bonds. The first-order valence-electron chi connectivity index (χ1n) is 8.28. The van der Waals surface area contributed by atoms with Crippen LogP contribution in [0, 0.1) is 0 Å². The van der Waals surface area contributed by atoms with Gasteiger partial charge in [-0.1, -0.05) is 44.4 Å². The molecule has 1 aromatic rings. The molecule has 0 heterocycles. The second-order valence-corrected chi connectivity index (χ2v) is 5.74. The Labute approximate surface area is 128 Å². The van der Waals surface area contributed by atoms with Gasteiger partial charge < -0.3 is 9.64 Å². The highest BCUT2D eigenvalue weighted by atomic mass is 16.5. The Kier molecular flexibility index (Phi) is 6.09. The molecule has 1 atom stereocenters. The van der Waals surface area contributed by atoms with E-state index in [0.717, 1.165) is 25.1 Å². The van der Waals surface area contributed by atoms with Crippen LogP contribution in [0.2, 0.25) is 0 Å². The van der Waals surface area contributed by atoms with Crippen molar-refractivity contribution in [2.24, 2.45) is 0 Å². The number of carbonyl (C=O) groups excluding carboxylic acids is 1. The predicted octanol–water partition coefficient (Wildman–Crippen LogP) is 4.03. The van der Waals surface area contributed by atoms with Gasteiger partial charge in [0.15, 0.2) is 6.10 Å². The van der Waals surface area contributed by atoms with Gasteiger partial charge in [-0.05, 0) is 38.3 Å². The summed E-state index contributed by atoms with van der Waals surface area (Å²) in [6.45, 7) is 4.86. The fraction of sp³-hybridized carbons (Fsp3) is 0.611. The fourth-order valence-electron chi connectivity index (χ4n) is 3.14. The second kappa shape index (κ2) is 8.06. The molecule has 21 heavy (non-hydrogen) atoms. The summed E-state index contributed by atoms with van der Waals surface area (Å²) in [5.41, 5.74) is 0. The van der Waals surface area contributed by atoms with Crippen LogP contribution in [0.4, 0.5) is 0 Å². The summed E-state index contributed by atoms with van der Waals surface area (Å²) in [4.78, 5) is 14.8. The molecule has 0 saturated heterocycles. The van der Waals surface area contributed by atoms with Gasteiger partial charge in [-0.3, -0.25) is 4.79 Å². The number of carbonyl (C=O) groups is 1. The lowest BCUT2D eigenvalue weighted by atomic mass is 9.93. The van der Waals surface area contributed by atoms with E-state index in [1.54, 1.807) is 0 Å². The normalized spacial score (nSPS) is 17.2. The monoisotopic (exact) mass is 289 g/mol. The highest BCUT2D eigenvalue weighted by Crippen LogP contribution is 2.24. The number of nitrogens with zero attached hydrogens (tertiary/aromatic N) is 1. The van der Waals surface area contributed by atoms with E-state index in [1.165, 1.54) is 19.3 Å². The molecule has 1 fully saturated rings. The SMILES string of the molecule is CC[C@H](Oc1ccccc1)C(=O)N(CC)C1CCCCC1. The molecule has 1 saturated carbocycles. The third-order valence-corrected chi connectivity index (χ3v) is 4.31. The van der Waals surface area contributed by atoms with E-state index in [4.69, 9.17) is 4.74 Å². The Morgan fingerprint density at radius 3 is 2.43 bits per heavy atom. The maximum atomic E-state index is 12.8. The second-order valence-electron chi connectivity index (χ2n) is 5.74. The van der Waals surface area contributed by atoms with Crippen LogP contribution in [0.3, 0.4) is 0 Å². The molecular weight excluding hydrogens is 262 g/mol. The molecule has 1 aliphatic carbocycles. The first kappa shape index (κ1) is 15.9. The topological polar surface area (TPSA) is 29.5 Å². The third kappa shape index (κ3) is 4.23. The molecule has 116 valence electrons. The van der Waals surface area contributed by atoms with Crippen molar-refractivity contribution in [3.63, 3.8) is 0 Å². The van der Waals surface area contributed by atoms with Gasteiger partial charge in [0.25, 0.3) is 5.91 Å². The smallest absolute Gasteiger partial charge is 0.263 e.